The smallest absolute Gasteiger partial charge is 0.224 e. The molecule has 5 nitrogen and oxygen atoms in total. The molecule has 1 aliphatic rings. The number of amides is 1. The van der Waals surface area contributed by atoms with Crippen molar-refractivity contribution in [2.75, 3.05) is 39.3 Å². The molecule has 0 unspecified atom stereocenters. The lowest BCUT2D eigenvalue weighted by Gasteiger charge is -2.27. The summed E-state index contributed by atoms with van der Waals surface area (Å²) in [5.41, 5.74) is 4.39. The van der Waals surface area contributed by atoms with Gasteiger partial charge < -0.3 is 15.1 Å². The summed E-state index contributed by atoms with van der Waals surface area (Å²) in [6.45, 7) is 12.3. The number of aryl methyl sites for hydroxylation is 1. The minimum atomic E-state index is 0. The molecule has 1 aliphatic heterocycles. The summed E-state index contributed by atoms with van der Waals surface area (Å²) in [5.74, 6) is 0.518. The van der Waals surface area contributed by atoms with Crippen molar-refractivity contribution in [2.24, 2.45) is 0 Å². The maximum atomic E-state index is 12.3. The Hall–Kier alpha value is -1.56. The average molecular weight is 380 g/mol. The van der Waals surface area contributed by atoms with Gasteiger partial charge in [0.15, 0.2) is 0 Å². The van der Waals surface area contributed by atoms with E-state index in [1.807, 2.05) is 0 Å². The predicted octanol–water partition coefficient (Wildman–Crippen LogP) is 2.85. The third kappa shape index (κ3) is 5.00. The number of piperazine rings is 1. The van der Waals surface area contributed by atoms with E-state index >= 15 is 0 Å². The Morgan fingerprint density at radius 2 is 2.04 bits per heavy atom. The quantitative estimate of drug-likeness (QED) is 0.810. The van der Waals surface area contributed by atoms with E-state index in [0.29, 0.717) is 18.9 Å². The highest BCUT2D eigenvalue weighted by Crippen LogP contribution is 2.29. The predicted molar refractivity (Wildman–Crippen MR) is 108 cm³/mol. The Balaban J connectivity index is 0.00000243. The summed E-state index contributed by atoms with van der Waals surface area (Å²) in [6.07, 6.45) is 2.10. The van der Waals surface area contributed by atoms with Crippen LogP contribution in [0.4, 0.5) is 0 Å². The number of halogens is 1. The number of hydrogen-bond donors (Lipinski definition) is 2. The van der Waals surface area contributed by atoms with Crippen LogP contribution in [0.5, 0.6) is 0 Å². The van der Waals surface area contributed by atoms with E-state index in [2.05, 4.69) is 48.4 Å². The molecule has 1 saturated heterocycles. The largest absolute Gasteiger partial charge is 0.464 e. The minimum Gasteiger partial charge on any atom is -0.464 e. The molecule has 3 rings (SSSR count). The van der Waals surface area contributed by atoms with Gasteiger partial charge in [0.25, 0.3) is 0 Å². The summed E-state index contributed by atoms with van der Waals surface area (Å²) in [7, 11) is 0. The number of nitrogens with zero attached hydrogens (tertiary/aromatic N) is 1. The van der Waals surface area contributed by atoms with E-state index in [-0.39, 0.29) is 18.3 Å². The second-order valence-electron chi connectivity index (χ2n) is 7.24. The Bertz CT molecular complexity index is 736. The number of carbonyl (C=O) groups is 1. The first-order chi connectivity index (χ1) is 12.0. The van der Waals surface area contributed by atoms with Gasteiger partial charge in [0.05, 0.1) is 12.7 Å². The highest BCUT2D eigenvalue weighted by Gasteiger charge is 2.14. The van der Waals surface area contributed by atoms with Crippen LogP contribution in [-0.2, 0) is 11.2 Å². The van der Waals surface area contributed by atoms with E-state index < -0.39 is 0 Å². The highest BCUT2D eigenvalue weighted by molar-refractivity contribution is 5.88. The molecule has 6 heteroatoms. The molecule has 0 saturated carbocycles. The number of fused-ring (bicyclic) bond motifs is 1. The molecular weight excluding hydrogens is 350 g/mol. The monoisotopic (exact) mass is 379 g/mol. The fraction of sp³-hybridized carbons (Fsp3) is 0.550. The van der Waals surface area contributed by atoms with Gasteiger partial charge in [-0.3, -0.25) is 9.69 Å². The molecule has 0 aliphatic carbocycles. The number of carbonyl (C=O) groups excluding carboxylic acids is 1. The Morgan fingerprint density at radius 3 is 2.73 bits per heavy atom. The molecular formula is C20H30ClN3O2. The highest BCUT2D eigenvalue weighted by atomic mass is 35.5. The molecule has 1 aromatic carbocycles. The normalized spacial score (nSPS) is 15.2. The first kappa shape index (κ1) is 20.7. The Kier molecular flexibility index (Phi) is 7.50. The van der Waals surface area contributed by atoms with Crippen LogP contribution < -0.4 is 10.6 Å². The SMILES string of the molecule is Cc1cc2occ(CC(=O)NCCN3CCNCC3)c2cc1C(C)C.Cl. The summed E-state index contributed by atoms with van der Waals surface area (Å²) in [6, 6.07) is 4.26. The maximum absolute atomic E-state index is 12.3. The lowest BCUT2D eigenvalue weighted by atomic mass is 9.95. The van der Waals surface area contributed by atoms with Crippen LogP contribution in [0.3, 0.4) is 0 Å². The van der Waals surface area contributed by atoms with Crippen LogP contribution in [0.25, 0.3) is 11.0 Å². The zero-order valence-electron chi connectivity index (χ0n) is 15.9. The van der Waals surface area contributed by atoms with Gasteiger partial charge in [-0.25, -0.2) is 0 Å². The molecule has 1 amide bonds. The number of furan rings is 1. The lowest BCUT2D eigenvalue weighted by molar-refractivity contribution is -0.120. The fourth-order valence-electron chi connectivity index (χ4n) is 3.53. The minimum absolute atomic E-state index is 0. The van der Waals surface area contributed by atoms with Crippen LogP contribution in [-0.4, -0.2) is 50.1 Å². The second kappa shape index (κ2) is 9.40. The van der Waals surface area contributed by atoms with Crippen LogP contribution >= 0.6 is 12.4 Å². The van der Waals surface area contributed by atoms with Crippen molar-refractivity contribution in [3.8, 4) is 0 Å². The summed E-state index contributed by atoms with van der Waals surface area (Å²) < 4.78 is 5.67. The molecule has 0 atom stereocenters. The van der Waals surface area contributed by atoms with Crippen molar-refractivity contribution in [1.82, 2.24) is 15.5 Å². The summed E-state index contributed by atoms with van der Waals surface area (Å²) in [4.78, 5) is 14.7. The standard InChI is InChI=1S/C20H29N3O2.ClH/c1-14(2)17-12-18-16(13-25-19(18)10-15(17)3)11-20(24)22-6-9-23-7-4-21-5-8-23;/h10,12-14,21H,4-9,11H2,1-3H3,(H,22,24);1H. The van der Waals surface area contributed by atoms with Crippen LogP contribution in [0.2, 0.25) is 0 Å². The number of nitrogens with one attached hydrogen (secondary N) is 2. The molecule has 1 fully saturated rings. The molecule has 26 heavy (non-hydrogen) atoms. The second-order valence-corrected chi connectivity index (χ2v) is 7.24. The van der Waals surface area contributed by atoms with Crippen LogP contribution in [0.1, 0.15) is 36.5 Å². The van der Waals surface area contributed by atoms with Gasteiger partial charge >= 0.3 is 0 Å². The van der Waals surface area contributed by atoms with Gasteiger partial charge in [0, 0.05) is 50.2 Å². The van der Waals surface area contributed by atoms with Gasteiger partial charge in [0.1, 0.15) is 5.58 Å². The third-order valence-electron chi connectivity index (χ3n) is 4.98. The van der Waals surface area contributed by atoms with Crippen molar-refractivity contribution < 1.29 is 9.21 Å². The topological polar surface area (TPSA) is 57.5 Å². The Morgan fingerprint density at radius 1 is 1.31 bits per heavy atom. The molecule has 1 aromatic heterocycles. The van der Waals surface area contributed by atoms with E-state index in [1.165, 1.54) is 11.1 Å². The summed E-state index contributed by atoms with van der Waals surface area (Å²) in [5, 5.41) is 7.44. The molecule has 0 bridgehead atoms. The first-order valence-corrected chi connectivity index (χ1v) is 9.25. The van der Waals surface area contributed by atoms with E-state index in [4.69, 9.17) is 4.42 Å². The average Bonchev–Trinajstić information content (AvgIpc) is 2.96. The van der Waals surface area contributed by atoms with E-state index in [0.717, 1.165) is 49.3 Å². The first-order valence-electron chi connectivity index (χ1n) is 9.25. The molecule has 0 spiro atoms. The molecule has 2 N–H and O–H groups in total. The van der Waals surface area contributed by atoms with Gasteiger partial charge in [-0.1, -0.05) is 13.8 Å². The third-order valence-corrected chi connectivity index (χ3v) is 4.98. The van der Waals surface area contributed by atoms with Gasteiger partial charge in [-0.15, -0.1) is 12.4 Å². The zero-order valence-corrected chi connectivity index (χ0v) is 16.7. The number of rotatable bonds is 6. The zero-order chi connectivity index (χ0) is 17.8. The molecule has 0 radical (unpaired) electrons. The maximum Gasteiger partial charge on any atom is 0.224 e. The van der Waals surface area contributed by atoms with E-state index in [1.54, 1.807) is 6.26 Å². The van der Waals surface area contributed by atoms with Gasteiger partial charge in [0.2, 0.25) is 5.91 Å². The lowest BCUT2D eigenvalue weighted by Crippen LogP contribution is -2.46. The van der Waals surface area contributed by atoms with Crippen molar-refractivity contribution in [3.63, 3.8) is 0 Å². The van der Waals surface area contributed by atoms with Crippen molar-refractivity contribution >= 4 is 29.3 Å². The summed E-state index contributed by atoms with van der Waals surface area (Å²) >= 11 is 0. The van der Waals surface area contributed by atoms with Crippen LogP contribution in [0.15, 0.2) is 22.8 Å². The fourth-order valence-corrected chi connectivity index (χ4v) is 3.53. The molecule has 2 aromatic rings. The van der Waals surface area contributed by atoms with Crippen molar-refractivity contribution in [2.45, 2.75) is 33.1 Å². The van der Waals surface area contributed by atoms with Gasteiger partial charge in [-0.2, -0.15) is 0 Å². The number of hydrogen-bond acceptors (Lipinski definition) is 4. The molecule has 144 valence electrons. The molecule has 2 heterocycles. The number of benzene rings is 1. The van der Waals surface area contributed by atoms with Crippen molar-refractivity contribution in [1.29, 1.82) is 0 Å². The van der Waals surface area contributed by atoms with Crippen LogP contribution in [0, 0.1) is 6.92 Å². The van der Waals surface area contributed by atoms with Crippen molar-refractivity contribution in [3.05, 3.63) is 35.1 Å². The van der Waals surface area contributed by atoms with E-state index in [9.17, 15) is 4.79 Å². The van der Waals surface area contributed by atoms with Gasteiger partial charge in [-0.05, 0) is 36.1 Å². The Labute approximate surface area is 161 Å².